The van der Waals surface area contributed by atoms with Crippen molar-refractivity contribution < 1.29 is 4.79 Å². The van der Waals surface area contributed by atoms with Crippen LogP contribution in [0, 0.1) is 5.92 Å². The van der Waals surface area contributed by atoms with Gasteiger partial charge in [0, 0.05) is 25.2 Å². The quantitative estimate of drug-likeness (QED) is 0.797. The highest BCUT2D eigenvalue weighted by Gasteiger charge is 2.29. The Morgan fingerprint density at radius 3 is 2.56 bits per heavy atom. The maximum Gasteiger partial charge on any atom is 0.224 e. The lowest BCUT2D eigenvalue weighted by atomic mass is 10.1. The van der Waals surface area contributed by atoms with Crippen molar-refractivity contribution in [3.8, 4) is 0 Å². The van der Waals surface area contributed by atoms with Gasteiger partial charge >= 0.3 is 0 Å². The van der Waals surface area contributed by atoms with Gasteiger partial charge in [0.2, 0.25) is 5.91 Å². The van der Waals surface area contributed by atoms with E-state index < -0.39 is 0 Å². The Balaban J connectivity index is 0.00000144. The van der Waals surface area contributed by atoms with Crippen LogP contribution in [-0.2, 0) is 4.79 Å². The van der Waals surface area contributed by atoms with E-state index in [1.165, 1.54) is 12.8 Å². The minimum atomic E-state index is 0. The standard InChI is InChI=1S/C12H23N3O.2ClH/c1-9(15(2)11-3-4-11)7-14-12(16)10-5-6-13-8-10;;/h9-11,13H,3-8H2,1-2H3,(H,14,16);2*1H. The normalized spacial score (nSPS) is 24.1. The molecule has 2 N–H and O–H groups in total. The predicted octanol–water partition coefficient (Wildman–Crippen LogP) is 1.04. The topological polar surface area (TPSA) is 44.4 Å². The molecule has 2 unspecified atom stereocenters. The van der Waals surface area contributed by atoms with Gasteiger partial charge in [0.1, 0.15) is 0 Å². The van der Waals surface area contributed by atoms with E-state index in [1.54, 1.807) is 0 Å². The van der Waals surface area contributed by atoms with Gasteiger partial charge in [-0.15, -0.1) is 24.8 Å². The number of rotatable bonds is 5. The van der Waals surface area contributed by atoms with Crippen LogP contribution >= 0.6 is 24.8 Å². The summed E-state index contributed by atoms with van der Waals surface area (Å²) in [4.78, 5) is 14.2. The summed E-state index contributed by atoms with van der Waals surface area (Å²) >= 11 is 0. The zero-order chi connectivity index (χ0) is 11.5. The van der Waals surface area contributed by atoms with Gasteiger partial charge in [-0.05, 0) is 39.8 Å². The van der Waals surface area contributed by atoms with E-state index in [0.29, 0.717) is 6.04 Å². The van der Waals surface area contributed by atoms with Gasteiger partial charge in [-0.1, -0.05) is 0 Å². The van der Waals surface area contributed by atoms with E-state index in [1.807, 2.05) is 0 Å². The third-order valence-electron chi connectivity index (χ3n) is 3.82. The lowest BCUT2D eigenvalue weighted by Crippen LogP contribution is -2.43. The largest absolute Gasteiger partial charge is 0.354 e. The van der Waals surface area contributed by atoms with Crippen molar-refractivity contribution in [3.05, 3.63) is 0 Å². The number of carbonyl (C=O) groups excluding carboxylic acids is 1. The first-order valence-electron chi connectivity index (χ1n) is 6.39. The van der Waals surface area contributed by atoms with Crippen LogP contribution in [0.1, 0.15) is 26.2 Å². The molecule has 1 saturated heterocycles. The molecular formula is C12H25Cl2N3O. The lowest BCUT2D eigenvalue weighted by Gasteiger charge is -2.25. The molecule has 1 saturated carbocycles. The van der Waals surface area contributed by atoms with E-state index in [2.05, 4.69) is 29.5 Å². The summed E-state index contributed by atoms with van der Waals surface area (Å²) in [6.07, 6.45) is 3.63. The Labute approximate surface area is 122 Å². The number of nitrogens with zero attached hydrogens (tertiary/aromatic N) is 1. The molecule has 0 bridgehead atoms. The number of hydrogen-bond donors (Lipinski definition) is 2. The maximum atomic E-state index is 11.8. The van der Waals surface area contributed by atoms with E-state index >= 15 is 0 Å². The second-order valence-electron chi connectivity index (χ2n) is 5.18. The Hall–Kier alpha value is -0.0300. The van der Waals surface area contributed by atoms with E-state index in [0.717, 1.165) is 32.1 Å². The molecule has 0 aromatic rings. The van der Waals surface area contributed by atoms with Crippen LogP contribution in [-0.4, -0.2) is 49.6 Å². The fourth-order valence-electron chi connectivity index (χ4n) is 2.26. The third kappa shape index (κ3) is 4.92. The molecule has 2 fully saturated rings. The van der Waals surface area contributed by atoms with Gasteiger partial charge in [0.15, 0.2) is 0 Å². The summed E-state index contributed by atoms with van der Waals surface area (Å²) < 4.78 is 0. The Morgan fingerprint density at radius 1 is 1.39 bits per heavy atom. The number of nitrogens with one attached hydrogen (secondary N) is 2. The van der Waals surface area contributed by atoms with Crippen LogP contribution in [0.2, 0.25) is 0 Å². The first-order valence-corrected chi connectivity index (χ1v) is 6.39. The average molecular weight is 298 g/mol. The maximum absolute atomic E-state index is 11.8. The molecule has 4 nitrogen and oxygen atoms in total. The number of carbonyl (C=O) groups is 1. The highest BCUT2D eigenvalue weighted by atomic mass is 35.5. The molecule has 1 aliphatic carbocycles. The van der Waals surface area contributed by atoms with Gasteiger partial charge < -0.3 is 10.6 Å². The molecule has 6 heteroatoms. The number of halogens is 2. The minimum absolute atomic E-state index is 0. The number of likely N-dealkylation sites (N-methyl/N-ethyl adjacent to an activating group) is 1. The Morgan fingerprint density at radius 2 is 2.06 bits per heavy atom. The number of amides is 1. The van der Waals surface area contributed by atoms with Gasteiger partial charge in [-0.3, -0.25) is 9.69 Å². The van der Waals surface area contributed by atoms with Crippen LogP contribution in [0.25, 0.3) is 0 Å². The molecule has 2 atom stereocenters. The van der Waals surface area contributed by atoms with Crippen molar-refractivity contribution in [2.45, 2.75) is 38.3 Å². The van der Waals surface area contributed by atoms with Gasteiger partial charge in [0.25, 0.3) is 0 Å². The van der Waals surface area contributed by atoms with Crippen molar-refractivity contribution in [2.24, 2.45) is 5.92 Å². The van der Waals surface area contributed by atoms with Crippen molar-refractivity contribution in [1.82, 2.24) is 15.5 Å². The van der Waals surface area contributed by atoms with Crippen LogP contribution < -0.4 is 10.6 Å². The monoisotopic (exact) mass is 297 g/mol. The molecule has 2 rings (SSSR count). The highest BCUT2D eigenvalue weighted by molar-refractivity contribution is 5.85. The summed E-state index contributed by atoms with van der Waals surface area (Å²) in [5.41, 5.74) is 0. The Kier molecular flexibility index (Phi) is 8.19. The SMILES string of the molecule is CC(CNC(=O)C1CCNC1)N(C)C1CC1.Cl.Cl. The summed E-state index contributed by atoms with van der Waals surface area (Å²) in [6, 6.07) is 1.21. The zero-order valence-corrected chi connectivity index (χ0v) is 12.8. The molecule has 0 radical (unpaired) electrons. The van der Waals surface area contributed by atoms with Gasteiger partial charge in [-0.2, -0.15) is 0 Å². The van der Waals surface area contributed by atoms with Crippen molar-refractivity contribution >= 4 is 30.7 Å². The van der Waals surface area contributed by atoms with Crippen molar-refractivity contribution in [2.75, 3.05) is 26.7 Å². The highest BCUT2D eigenvalue weighted by Crippen LogP contribution is 2.26. The average Bonchev–Trinajstić information content (AvgIpc) is 2.99. The zero-order valence-electron chi connectivity index (χ0n) is 11.1. The smallest absolute Gasteiger partial charge is 0.224 e. The summed E-state index contributed by atoms with van der Waals surface area (Å²) in [7, 11) is 2.16. The molecule has 0 aromatic carbocycles. The van der Waals surface area contributed by atoms with Crippen LogP contribution in [0.15, 0.2) is 0 Å². The first-order chi connectivity index (χ1) is 7.68. The second kappa shape index (κ2) is 8.20. The molecule has 0 aromatic heterocycles. The second-order valence-corrected chi connectivity index (χ2v) is 5.18. The van der Waals surface area contributed by atoms with Crippen LogP contribution in [0.3, 0.4) is 0 Å². The van der Waals surface area contributed by atoms with Crippen LogP contribution in [0.5, 0.6) is 0 Å². The minimum Gasteiger partial charge on any atom is -0.354 e. The molecule has 0 spiro atoms. The first kappa shape index (κ1) is 18.0. The number of hydrogen-bond acceptors (Lipinski definition) is 3. The van der Waals surface area contributed by atoms with Crippen molar-refractivity contribution in [1.29, 1.82) is 0 Å². The summed E-state index contributed by atoms with van der Waals surface area (Å²) in [5, 5.41) is 6.29. The van der Waals surface area contributed by atoms with Gasteiger partial charge in [0.05, 0.1) is 5.92 Å². The predicted molar refractivity (Wildman–Crippen MR) is 78.7 cm³/mol. The van der Waals surface area contributed by atoms with Crippen molar-refractivity contribution in [3.63, 3.8) is 0 Å². The van der Waals surface area contributed by atoms with Gasteiger partial charge in [-0.25, -0.2) is 0 Å². The molecule has 1 amide bonds. The molecule has 108 valence electrons. The molecule has 18 heavy (non-hydrogen) atoms. The molecular weight excluding hydrogens is 273 g/mol. The summed E-state index contributed by atoms with van der Waals surface area (Å²) in [6.45, 7) is 4.79. The van der Waals surface area contributed by atoms with E-state index in [-0.39, 0.29) is 36.6 Å². The lowest BCUT2D eigenvalue weighted by molar-refractivity contribution is -0.124. The fraction of sp³-hybridized carbons (Fsp3) is 0.917. The van der Waals surface area contributed by atoms with Crippen LogP contribution in [0.4, 0.5) is 0 Å². The summed E-state index contributed by atoms with van der Waals surface area (Å²) in [5.74, 6) is 0.416. The van der Waals surface area contributed by atoms with E-state index in [9.17, 15) is 4.79 Å². The molecule has 2 aliphatic rings. The molecule has 1 aliphatic heterocycles. The fourth-order valence-corrected chi connectivity index (χ4v) is 2.26. The Bertz CT molecular complexity index is 256. The van der Waals surface area contributed by atoms with E-state index in [4.69, 9.17) is 0 Å². The molecule has 1 heterocycles. The third-order valence-corrected chi connectivity index (χ3v) is 3.82.